The molecule has 1 aromatic rings. The largest absolute Gasteiger partial charge is 0.476 e. The van der Waals surface area contributed by atoms with Gasteiger partial charge in [0.1, 0.15) is 13.3 Å². The van der Waals surface area contributed by atoms with Crippen LogP contribution in [0.1, 0.15) is 10.5 Å². The average Bonchev–Trinajstić information content (AvgIpc) is 2.18. The highest BCUT2D eigenvalue weighted by atomic mass is 19.4. The molecule has 0 spiro atoms. The molecule has 9 heteroatoms. The Kier molecular flexibility index (Phi) is 3.84. The Morgan fingerprint density at radius 2 is 2.12 bits per heavy atom. The topological polar surface area (TPSA) is 81.4 Å². The van der Waals surface area contributed by atoms with Gasteiger partial charge in [0, 0.05) is 6.07 Å². The third-order valence-electron chi connectivity index (χ3n) is 1.57. The molecular weight excluding hydrogens is 245 g/mol. The molecule has 0 aliphatic carbocycles. The number of carboxylic acid groups (broad SMARTS) is 1. The summed E-state index contributed by atoms with van der Waals surface area (Å²) in [4.78, 5) is 21.6. The maximum Gasteiger partial charge on any atom is 0.411 e. The van der Waals surface area contributed by atoms with Crippen molar-refractivity contribution in [3.05, 3.63) is 28.2 Å². The van der Waals surface area contributed by atoms with Gasteiger partial charge in [0.15, 0.2) is 5.69 Å². The van der Waals surface area contributed by atoms with E-state index in [0.29, 0.717) is 4.68 Å². The van der Waals surface area contributed by atoms with Crippen LogP contribution in [-0.4, -0.2) is 33.6 Å². The number of carbonyl (C=O) groups is 1. The number of ether oxygens (including phenoxy) is 1. The lowest BCUT2D eigenvalue weighted by molar-refractivity contribution is -0.183. The van der Waals surface area contributed by atoms with Crippen LogP contribution in [-0.2, 0) is 11.5 Å². The number of aromatic nitrogens is 2. The fourth-order valence-corrected chi connectivity index (χ4v) is 0.903. The number of nitrogens with zero attached hydrogens (tertiary/aromatic N) is 2. The number of aromatic carboxylic acids is 1. The lowest BCUT2D eigenvalue weighted by Crippen LogP contribution is -2.27. The summed E-state index contributed by atoms with van der Waals surface area (Å²) in [5.41, 5.74) is -1.21. The van der Waals surface area contributed by atoms with Crippen molar-refractivity contribution in [2.75, 3.05) is 6.61 Å². The number of halogens is 3. The van der Waals surface area contributed by atoms with Crippen molar-refractivity contribution >= 4 is 5.97 Å². The minimum absolute atomic E-state index is 0.458. The zero-order valence-corrected chi connectivity index (χ0v) is 8.27. The molecule has 17 heavy (non-hydrogen) atoms. The van der Waals surface area contributed by atoms with E-state index in [1.54, 1.807) is 0 Å². The van der Waals surface area contributed by atoms with Gasteiger partial charge in [-0.05, 0) is 6.07 Å². The molecule has 0 fully saturated rings. The number of alkyl halides is 3. The van der Waals surface area contributed by atoms with Gasteiger partial charge in [0.05, 0.1) is 0 Å². The van der Waals surface area contributed by atoms with E-state index in [-0.39, 0.29) is 0 Å². The monoisotopic (exact) mass is 252 g/mol. The molecule has 0 saturated heterocycles. The van der Waals surface area contributed by atoms with E-state index in [4.69, 9.17) is 5.11 Å². The molecule has 0 aliphatic rings. The number of carboxylic acids is 1. The van der Waals surface area contributed by atoms with E-state index < -0.39 is 36.7 Å². The molecule has 0 aromatic carbocycles. The van der Waals surface area contributed by atoms with Gasteiger partial charge in [-0.25, -0.2) is 9.48 Å². The van der Waals surface area contributed by atoms with Gasteiger partial charge in [-0.2, -0.15) is 18.3 Å². The van der Waals surface area contributed by atoms with Crippen molar-refractivity contribution < 1.29 is 27.8 Å². The van der Waals surface area contributed by atoms with Crippen molar-refractivity contribution in [1.29, 1.82) is 0 Å². The summed E-state index contributed by atoms with van der Waals surface area (Å²) in [5, 5.41) is 11.9. The molecule has 0 saturated carbocycles. The van der Waals surface area contributed by atoms with E-state index in [1.807, 2.05) is 0 Å². The summed E-state index contributed by atoms with van der Waals surface area (Å²) in [5.74, 6) is -1.39. The van der Waals surface area contributed by atoms with Crippen molar-refractivity contribution in [2.45, 2.75) is 12.9 Å². The SMILES string of the molecule is O=C(O)c1ccc(=O)n(COCC(F)(F)F)n1. The first-order valence-electron chi connectivity index (χ1n) is 4.25. The van der Waals surface area contributed by atoms with Crippen LogP contribution < -0.4 is 5.56 Å². The van der Waals surface area contributed by atoms with E-state index in [1.165, 1.54) is 0 Å². The van der Waals surface area contributed by atoms with Gasteiger partial charge >= 0.3 is 12.1 Å². The Morgan fingerprint density at radius 3 is 2.65 bits per heavy atom. The van der Waals surface area contributed by atoms with Crippen LogP contribution in [0.4, 0.5) is 13.2 Å². The normalized spacial score (nSPS) is 11.5. The second-order valence-electron chi connectivity index (χ2n) is 2.95. The van der Waals surface area contributed by atoms with Crippen LogP contribution in [0.15, 0.2) is 16.9 Å². The molecule has 0 radical (unpaired) electrons. The first kappa shape index (κ1) is 13.2. The Labute approximate surface area is 92.2 Å². The van der Waals surface area contributed by atoms with E-state index >= 15 is 0 Å². The van der Waals surface area contributed by atoms with Gasteiger partial charge in [-0.3, -0.25) is 4.79 Å². The van der Waals surface area contributed by atoms with Crippen LogP contribution in [0, 0.1) is 0 Å². The van der Waals surface area contributed by atoms with Crippen molar-refractivity contribution in [2.24, 2.45) is 0 Å². The third-order valence-corrected chi connectivity index (χ3v) is 1.57. The molecular formula is C8H7F3N2O4. The Hall–Kier alpha value is -1.90. The molecule has 1 rings (SSSR count). The Balaban J connectivity index is 2.74. The van der Waals surface area contributed by atoms with Crippen LogP contribution in [0.25, 0.3) is 0 Å². The van der Waals surface area contributed by atoms with Crippen LogP contribution in [0.2, 0.25) is 0 Å². The van der Waals surface area contributed by atoms with E-state index in [2.05, 4.69) is 9.84 Å². The highest BCUT2D eigenvalue weighted by Gasteiger charge is 2.27. The molecule has 6 nitrogen and oxygen atoms in total. The van der Waals surface area contributed by atoms with Crippen LogP contribution in [0.3, 0.4) is 0 Å². The summed E-state index contributed by atoms with van der Waals surface area (Å²) < 4.78 is 39.9. The first-order chi connectivity index (χ1) is 7.79. The van der Waals surface area contributed by atoms with Crippen LogP contribution >= 0.6 is 0 Å². The lowest BCUT2D eigenvalue weighted by atomic mass is 10.4. The minimum atomic E-state index is -4.52. The molecule has 0 amide bonds. The predicted octanol–water partition coefficient (Wildman–Crippen LogP) is 0.478. The number of rotatable bonds is 4. The zero-order chi connectivity index (χ0) is 13.1. The molecule has 1 heterocycles. The highest BCUT2D eigenvalue weighted by Crippen LogP contribution is 2.14. The fraction of sp³-hybridized carbons (Fsp3) is 0.375. The summed E-state index contributed by atoms with van der Waals surface area (Å²) in [6.07, 6.45) is -4.52. The summed E-state index contributed by atoms with van der Waals surface area (Å²) >= 11 is 0. The third kappa shape index (κ3) is 4.23. The minimum Gasteiger partial charge on any atom is -0.476 e. The summed E-state index contributed by atoms with van der Waals surface area (Å²) in [6.45, 7) is -2.31. The second-order valence-corrected chi connectivity index (χ2v) is 2.95. The molecule has 1 aromatic heterocycles. The van der Waals surface area contributed by atoms with Crippen LogP contribution in [0.5, 0.6) is 0 Å². The fourth-order valence-electron chi connectivity index (χ4n) is 0.903. The molecule has 94 valence electrons. The van der Waals surface area contributed by atoms with Gasteiger partial charge in [-0.15, -0.1) is 0 Å². The maximum absolute atomic E-state index is 11.7. The summed E-state index contributed by atoms with van der Waals surface area (Å²) in [7, 11) is 0. The lowest BCUT2D eigenvalue weighted by Gasteiger charge is -2.08. The standard InChI is InChI=1S/C8H7F3N2O4/c9-8(10,11)3-17-4-13-6(14)2-1-5(12-13)7(15)16/h1-2H,3-4H2,(H,15,16). The Bertz CT molecular complexity index is 469. The number of hydrogen-bond acceptors (Lipinski definition) is 4. The van der Waals surface area contributed by atoms with Gasteiger partial charge in [-0.1, -0.05) is 0 Å². The van der Waals surface area contributed by atoms with Gasteiger partial charge in [0.2, 0.25) is 0 Å². The van der Waals surface area contributed by atoms with Gasteiger partial charge < -0.3 is 9.84 Å². The summed E-state index contributed by atoms with van der Waals surface area (Å²) in [6, 6.07) is 1.83. The Morgan fingerprint density at radius 1 is 1.47 bits per heavy atom. The highest BCUT2D eigenvalue weighted by molar-refractivity contribution is 5.84. The van der Waals surface area contributed by atoms with E-state index in [0.717, 1.165) is 12.1 Å². The number of hydrogen-bond donors (Lipinski definition) is 1. The van der Waals surface area contributed by atoms with Crippen molar-refractivity contribution in [3.63, 3.8) is 0 Å². The molecule has 0 aliphatic heterocycles. The molecule has 0 atom stereocenters. The van der Waals surface area contributed by atoms with Crippen molar-refractivity contribution in [1.82, 2.24) is 9.78 Å². The molecule has 0 bridgehead atoms. The van der Waals surface area contributed by atoms with E-state index in [9.17, 15) is 22.8 Å². The smallest absolute Gasteiger partial charge is 0.411 e. The predicted molar refractivity (Wildman–Crippen MR) is 47.5 cm³/mol. The average molecular weight is 252 g/mol. The maximum atomic E-state index is 11.7. The quantitative estimate of drug-likeness (QED) is 0.842. The van der Waals surface area contributed by atoms with Crippen molar-refractivity contribution in [3.8, 4) is 0 Å². The second kappa shape index (κ2) is 4.95. The molecule has 1 N–H and O–H groups in total. The van der Waals surface area contributed by atoms with Gasteiger partial charge in [0.25, 0.3) is 5.56 Å². The molecule has 0 unspecified atom stereocenters. The first-order valence-corrected chi connectivity index (χ1v) is 4.25. The zero-order valence-electron chi connectivity index (χ0n) is 8.27.